The minimum absolute atomic E-state index is 0.190. The van der Waals surface area contributed by atoms with E-state index in [-0.39, 0.29) is 11.9 Å². The van der Waals surface area contributed by atoms with E-state index in [1.807, 2.05) is 18.4 Å². The minimum atomic E-state index is -0.272. The van der Waals surface area contributed by atoms with Crippen LogP contribution in [0.4, 0.5) is 5.69 Å². The Balaban J connectivity index is 1.59. The maximum atomic E-state index is 12.4. The molecule has 2 aromatic rings. The third-order valence-electron chi connectivity index (χ3n) is 4.39. The van der Waals surface area contributed by atoms with E-state index in [0.717, 1.165) is 48.1 Å². The quantitative estimate of drug-likeness (QED) is 0.675. The Labute approximate surface area is 139 Å². The molecule has 23 heavy (non-hydrogen) atoms. The first-order valence-electron chi connectivity index (χ1n) is 7.93. The van der Waals surface area contributed by atoms with Gasteiger partial charge in [0.05, 0.1) is 0 Å². The number of aromatic nitrogens is 1. The predicted molar refractivity (Wildman–Crippen MR) is 90.5 cm³/mol. The second-order valence-corrected chi connectivity index (χ2v) is 6.92. The molecule has 1 fully saturated rings. The number of esters is 1. The number of hydrogen-bond donors (Lipinski definition) is 1. The lowest BCUT2D eigenvalue weighted by molar-refractivity contribution is -0.137. The lowest BCUT2D eigenvalue weighted by Crippen LogP contribution is -2.43. The van der Waals surface area contributed by atoms with Gasteiger partial charge in [0.2, 0.25) is 0 Å². The van der Waals surface area contributed by atoms with Crippen molar-refractivity contribution >= 4 is 23.0 Å². The maximum absolute atomic E-state index is 12.4. The summed E-state index contributed by atoms with van der Waals surface area (Å²) in [5, 5.41) is 6.18. The van der Waals surface area contributed by atoms with Crippen LogP contribution in [0, 0.1) is 6.92 Å². The summed E-state index contributed by atoms with van der Waals surface area (Å²) in [6, 6.07) is 6.22. The van der Waals surface area contributed by atoms with E-state index >= 15 is 0 Å². The zero-order chi connectivity index (χ0) is 15.8. The van der Waals surface area contributed by atoms with Gasteiger partial charge in [0.1, 0.15) is 16.7 Å². The summed E-state index contributed by atoms with van der Waals surface area (Å²) in [5.74, 6) is 0.242. The predicted octanol–water partition coefficient (Wildman–Crippen LogP) is 2.11. The molecule has 0 aliphatic carbocycles. The third-order valence-corrected chi connectivity index (χ3v) is 5.46. The Kier molecular flexibility index (Phi) is 3.79. The molecule has 0 spiro atoms. The number of anilines is 1. The molecule has 6 heteroatoms. The molecule has 0 radical (unpaired) electrons. The molecule has 1 N–H and O–H groups in total. The fourth-order valence-electron chi connectivity index (χ4n) is 3.13. The van der Waals surface area contributed by atoms with Crippen molar-refractivity contribution in [1.29, 1.82) is 0 Å². The second kappa shape index (κ2) is 5.94. The Bertz CT molecular complexity index is 737. The molecule has 0 bridgehead atoms. The number of benzene rings is 1. The highest BCUT2D eigenvalue weighted by molar-refractivity contribution is 7.09. The van der Waals surface area contributed by atoms with Gasteiger partial charge in [-0.1, -0.05) is 6.07 Å². The summed E-state index contributed by atoms with van der Waals surface area (Å²) in [4.78, 5) is 19.1. The van der Waals surface area contributed by atoms with Crippen LogP contribution in [0.1, 0.15) is 22.2 Å². The molecule has 2 aliphatic heterocycles. The molecule has 1 aromatic heterocycles. The van der Waals surface area contributed by atoms with Crippen LogP contribution in [0.5, 0.6) is 5.75 Å². The Morgan fingerprint density at radius 1 is 1.35 bits per heavy atom. The van der Waals surface area contributed by atoms with E-state index in [9.17, 15) is 4.79 Å². The molecule has 1 unspecified atom stereocenters. The molecule has 2 aliphatic rings. The van der Waals surface area contributed by atoms with Gasteiger partial charge >= 0.3 is 5.97 Å². The smallest absolute Gasteiger partial charge is 0.321 e. The van der Waals surface area contributed by atoms with Crippen LogP contribution in [0.3, 0.4) is 0 Å². The highest BCUT2D eigenvalue weighted by Crippen LogP contribution is 2.36. The fourth-order valence-corrected chi connectivity index (χ4v) is 4.01. The minimum Gasteiger partial charge on any atom is -0.426 e. The van der Waals surface area contributed by atoms with Crippen molar-refractivity contribution in [2.75, 3.05) is 31.1 Å². The number of carbonyl (C=O) groups excluding carboxylic acids is 1. The van der Waals surface area contributed by atoms with Crippen LogP contribution in [0.25, 0.3) is 0 Å². The fraction of sp³-hybridized carbons (Fsp3) is 0.412. The maximum Gasteiger partial charge on any atom is 0.321 e. The zero-order valence-corrected chi connectivity index (χ0v) is 13.9. The van der Waals surface area contributed by atoms with Crippen LogP contribution in [0.2, 0.25) is 0 Å². The highest BCUT2D eigenvalue weighted by atomic mass is 32.1. The topological polar surface area (TPSA) is 54.5 Å². The molecule has 1 saturated heterocycles. The number of nitrogens with one attached hydrogen (secondary N) is 1. The van der Waals surface area contributed by atoms with Crippen molar-refractivity contribution in [2.24, 2.45) is 0 Å². The molecule has 0 amide bonds. The molecule has 1 aromatic carbocycles. The third kappa shape index (κ3) is 2.84. The average molecular weight is 329 g/mol. The number of ether oxygens (including phenoxy) is 1. The Morgan fingerprint density at radius 2 is 2.17 bits per heavy atom. The van der Waals surface area contributed by atoms with Gasteiger partial charge in [0.25, 0.3) is 0 Å². The summed E-state index contributed by atoms with van der Waals surface area (Å²) in [6.45, 7) is 5.88. The summed E-state index contributed by atoms with van der Waals surface area (Å²) in [7, 11) is 0. The molecule has 120 valence electrons. The summed E-state index contributed by atoms with van der Waals surface area (Å²) in [6.07, 6.45) is 0.670. The molecular weight excluding hydrogens is 310 g/mol. The average Bonchev–Trinajstić information content (AvgIpc) is 3.01. The van der Waals surface area contributed by atoms with Crippen LogP contribution in [-0.2, 0) is 11.2 Å². The van der Waals surface area contributed by atoms with Crippen molar-refractivity contribution < 1.29 is 9.53 Å². The van der Waals surface area contributed by atoms with E-state index in [0.29, 0.717) is 12.2 Å². The summed E-state index contributed by atoms with van der Waals surface area (Å²) < 4.78 is 5.63. The SMILES string of the molecule is Cc1csc(C2Cc3ccc(N4CCNCC4)cc3OC2=O)n1. The van der Waals surface area contributed by atoms with Gasteiger partial charge in [-0.3, -0.25) is 4.79 Å². The van der Waals surface area contributed by atoms with E-state index < -0.39 is 0 Å². The van der Waals surface area contributed by atoms with Gasteiger partial charge in [0.15, 0.2) is 0 Å². The molecular formula is C17H19N3O2S. The van der Waals surface area contributed by atoms with E-state index in [4.69, 9.17) is 4.74 Å². The number of hydrogen-bond acceptors (Lipinski definition) is 6. The zero-order valence-electron chi connectivity index (χ0n) is 13.0. The van der Waals surface area contributed by atoms with Gasteiger partial charge in [-0.05, 0) is 25.0 Å². The summed E-state index contributed by atoms with van der Waals surface area (Å²) >= 11 is 1.53. The molecule has 1 atom stereocenters. The Morgan fingerprint density at radius 3 is 2.91 bits per heavy atom. The largest absolute Gasteiger partial charge is 0.426 e. The number of rotatable bonds is 2. The summed E-state index contributed by atoms with van der Waals surface area (Å²) in [5.41, 5.74) is 3.17. The molecule has 4 rings (SSSR count). The standard InChI is InChI=1S/C17H19N3O2S/c1-11-10-23-16(19-11)14-8-12-2-3-13(9-15(12)22-17(14)21)20-6-4-18-5-7-20/h2-3,9-10,14,18H,4-8H2,1H3. The van der Waals surface area contributed by atoms with Crippen molar-refractivity contribution in [2.45, 2.75) is 19.3 Å². The van der Waals surface area contributed by atoms with Crippen LogP contribution >= 0.6 is 11.3 Å². The van der Waals surface area contributed by atoms with Gasteiger partial charge in [-0.15, -0.1) is 11.3 Å². The number of nitrogens with zero attached hydrogens (tertiary/aromatic N) is 2. The first-order valence-corrected chi connectivity index (χ1v) is 8.81. The van der Waals surface area contributed by atoms with Crippen molar-refractivity contribution in [3.63, 3.8) is 0 Å². The number of thiazole rings is 1. The number of piperazine rings is 1. The van der Waals surface area contributed by atoms with Gasteiger partial charge < -0.3 is 15.0 Å². The van der Waals surface area contributed by atoms with Gasteiger partial charge in [-0.25, -0.2) is 4.98 Å². The molecule has 3 heterocycles. The first-order chi connectivity index (χ1) is 11.2. The normalized spacial score (nSPS) is 21.0. The molecule has 5 nitrogen and oxygen atoms in total. The second-order valence-electron chi connectivity index (χ2n) is 6.03. The van der Waals surface area contributed by atoms with Gasteiger partial charge in [0, 0.05) is 49.0 Å². The van der Waals surface area contributed by atoms with Gasteiger partial charge in [-0.2, -0.15) is 0 Å². The molecule has 0 saturated carbocycles. The monoisotopic (exact) mass is 329 g/mol. The Hall–Kier alpha value is -1.92. The lowest BCUT2D eigenvalue weighted by Gasteiger charge is -2.31. The highest BCUT2D eigenvalue weighted by Gasteiger charge is 2.32. The van der Waals surface area contributed by atoms with Crippen molar-refractivity contribution in [1.82, 2.24) is 10.3 Å². The van der Waals surface area contributed by atoms with Crippen molar-refractivity contribution in [3.8, 4) is 5.75 Å². The lowest BCUT2D eigenvalue weighted by atomic mass is 9.96. The number of aryl methyl sites for hydroxylation is 1. The van der Waals surface area contributed by atoms with Crippen molar-refractivity contribution in [3.05, 3.63) is 39.8 Å². The van der Waals surface area contributed by atoms with Crippen LogP contribution < -0.4 is 15.0 Å². The van der Waals surface area contributed by atoms with Crippen LogP contribution in [-0.4, -0.2) is 37.1 Å². The van der Waals surface area contributed by atoms with E-state index in [2.05, 4.69) is 27.3 Å². The van der Waals surface area contributed by atoms with Crippen LogP contribution in [0.15, 0.2) is 23.6 Å². The number of fused-ring (bicyclic) bond motifs is 1. The van der Waals surface area contributed by atoms with E-state index in [1.54, 1.807) is 0 Å². The first kappa shape index (κ1) is 14.7. The number of carbonyl (C=O) groups is 1. The van der Waals surface area contributed by atoms with E-state index in [1.165, 1.54) is 11.3 Å².